The molecule has 1 heterocycles. The summed E-state index contributed by atoms with van der Waals surface area (Å²) >= 11 is 0. The molecule has 0 spiro atoms. The number of aryl methyl sites for hydroxylation is 1. The number of carbonyl (C=O) groups excluding carboxylic acids is 2. The maximum Gasteiger partial charge on any atom is 0.243 e. The molecule has 0 bridgehead atoms. The van der Waals surface area contributed by atoms with Crippen LogP contribution in [0, 0.1) is 0 Å². The highest BCUT2D eigenvalue weighted by molar-refractivity contribution is 6.00. The number of amides is 2. The zero-order chi connectivity index (χ0) is 13.0. The Labute approximate surface area is 107 Å². The lowest BCUT2D eigenvalue weighted by molar-refractivity contribution is -0.134. The second-order valence-corrected chi connectivity index (χ2v) is 4.55. The zero-order valence-electron chi connectivity index (χ0n) is 10.5. The van der Waals surface area contributed by atoms with E-state index in [0.717, 1.165) is 12.0 Å². The van der Waals surface area contributed by atoms with Crippen molar-refractivity contribution in [1.29, 1.82) is 0 Å². The Bertz CT molecular complexity index is 440. The van der Waals surface area contributed by atoms with Crippen molar-refractivity contribution in [3.8, 4) is 0 Å². The Balaban J connectivity index is 1.87. The van der Waals surface area contributed by atoms with Crippen LogP contribution in [0.3, 0.4) is 0 Å². The topological polar surface area (TPSA) is 58.2 Å². The van der Waals surface area contributed by atoms with E-state index < -0.39 is 0 Å². The first kappa shape index (κ1) is 12.8. The number of imide groups is 1. The Morgan fingerprint density at radius 3 is 2.50 bits per heavy atom. The molecule has 2 N–H and O–H groups in total. The molecule has 0 radical (unpaired) electrons. The number of carbonyl (C=O) groups is 2. The number of benzene rings is 1. The maximum atomic E-state index is 11.5. The first-order valence-electron chi connectivity index (χ1n) is 6.34. The van der Waals surface area contributed by atoms with E-state index in [-0.39, 0.29) is 17.9 Å². The Hall–Kier alpha value is -1.68. The van der Waals surface area contributed by atoms with Crippen LogP contribution >= 0.6 is 0 Å². The molecule has 1 fully saturated rings. The minimum absolute atomic E-state index is 0.176. The van der Waals surface area contributed by atoms with Crippen LogP contribution in [-0.4, -0.2) is 17.9 Å². The molecule has 2 rings (SSSR count). The van der Waals surface area contributed by atoms with Gasteiger partial charge in [0.15, 0.2) is 0 Å². The number of piperidine rings is 1. The van der Waals surface area contributed by atoms with Gasteiger partial charge >= 0.3 is 0 Å². The molecule has 1 aliphatic heterocycles. The minimum atomic E-state index is -0.256. The molecule has 0 aromatic heterocycles. The van der Waals surface area contributed by atoms with Gasteiger partial charge in [0, 0.05) is 13.0 Å². The van der Waals surface area contributed by atoms with E-state index in [0.29, 0.717) is 19.4 Å². The van der Waals surface area contributed by atoms with Crippen molar-refractivity contribution < 1.29 is 9.59 Å². The fourth-order valence-corrected chi connectivity index (χ4v) is 2.02. The molecule has 1 atom stereocenters. The fourth-order valence-electron chi connectivity index (χ4n) is 2.02. The molecule has 1 aliphatic rings. The normalized spacial score (nSPS) is 19.7. The van der Waals surface area contributed by atoms with E-state index in [1.54, 1.807) is 0 Å². The third-order valence-electron chi connectivity index (χ3n) is 3.22. The molecule has 1 aromatic carbocycles. The van der Waals surface area contributed by atoms with Crippen molar-refractivity contribution in [3.63, 3.8) is 0 Å². The van der Waals surface area contributed by atoms with Gasteiger partial charge in [0.05, 0.1) is 6.04 Å². The summed E-state index contributed by atoms with van der Waals surface area (Å²) in [6, 6.07) is 8.08. The predicted molar refractivity (Wildman–Crippen MR) is 68.8 cm³/mol. The van der Waals surface area contributed by atoms with Crippen molar-refractivity contribution in [2.45, 2.75) is 38.8 Å². The molecule has 4 nitrogen and oxygen atoms in total. The van der Waals surface area contributed by atoms with Crippen LogP contribution in [0.5, 0.6) is 0 Å². The summed E-state index contributed by atoms with van der Waals surface area (Å²) in [6.07, 6.45) is 2.02. The second kappa shape index (κ2) is 5.78. The zero-order valence-corrected chi connectivity index (χ0v) is 10.5. The third kappa shape index (κ3) is 3.17. The maximum absolute atomic E-state index is 11.5. The lowest BCUT2D eigenvalue weighted by atomic mass is 10.1. The molecule has 2 amide bonds. The molecule has 1 saturated heterocycles. The largest absolute Gasteiger partial charge is 0.302 e. The van der Waals surface area contributed by atoms with Gasteiger partial charge in [0.1, 0.15) is 0 Å². The van der Waals surface area contributed by atoms with Crippen LogP contribution in [0.25, 0.3) is 0 Å². The molecule has 0 aliphatic carbocycles. The average Bonchev–Trinajstić information content (AvgIpc) is 2.38. The molecule has 0 saturated carbocycles. The van der Waals surface area contributed by atoms with Gasteiger partial charge in [0.2, 0.25) is 11.8 Å². The predicted octanol–water partition coefficient (Wildman–Crippen LogP) is 1.14. The van der Waals surface area contributed by atoms with Gasteiger partial charge in [-0.05, 0) is 24.0 Å². The quantitative estimate of drug-likeness (QED) is 0.783. The molecule has 18 heavy (non-hydrogen) atoms. The molecule has 1 aromatic rings. The summed E-state index contributed by atoms with van der Waals surface area (Å²) in [5, 5.41) is 5.52. The van der Waals surface area contributed by atoms with Gasteiger partial charge in [0.25, 0.3) is 0 Å². The van der Waals surface area contributed by atoms with Crippen LogP contribution in [0.2, 0.25) is 0 Å². The summed E-state index contributed by atoms with van der Waals surface area (Å²) in [4.78, 5) is 22.5. The molecule has 1 unspecified atom stereocenters. The lowest BCUT2D eigenvalue weighted by Crippen LogP contribution is -2.50. The van der Waals surface area contributed by atoms with E-state index in [1.807, 2.05) is 0 Å². The molecular weight excluding hydrogens is 228 g/mol. The first-order valence-corrected chi connectivity index (χ1v) is 6.34. The molecule has 4 heteroatoms. The van der Waals surface area contributed by atoms with Gasteiger partial charge in [-0.25, -0.2) is 0 Å². The van der Waals surface area contributed by atoms with Gasteiger partial charge in [-0.3, -0.25) is 14.9 Å². The van der Waals surface area contributed by atoms with Crippen molar-refractivity contribution in [2.24, 2.45) is 0 Å². The summed E-state index contributed by atoms with van der Waals surface area (Å²) < 4.78 is 0. The van der Waals surface area contributed by atoms with Crippen LogP contribution in [0.15, 0.2) is 24.3 Å². The average molecular weight is 246 g/mol. The molecule has 96 valence electrons. The summed E-state index contributed by atoms with van der Waals surface area (Å²) in [5.41, 5.74) is 2.46. The van der Waals surface area contributed by atoms with Gasteiger partial charge in [-0.15, -0.1) is 0 Å². The number of nitrogens with one attached hydrogen (secondary N) is 2. The monoisotopic (exact) mass is 246 g/mol. The minimum Gasteiger partial charge on any atom is -0.302 e. The SMILES string of the molecule is CCc1ccc(CNC2CCC(=O)NC2=O)cc1. The smallest absolute Gasteiger partial charge is 0.243 e. The summed E-state index contributed by atoms with van der Waals surface area (Å²) in [5.74, 6) is -0.387. The fraction of sp³-hybridized carbons (Fsp3) is 0.429. The van der Waals surface area contributed by atoms with E-state index in [2.05, 4.69) is 41.8 Å². The van der Waals surface area contributed by atoms with E-state index >= 15 is 0 Å². The molecular formula is C14H18N2O2. The standard InChI is InChI=1S/C14H18N2O2/c1-2-10-3-5-11(6-4-10)9-15-12-7-8-13(17)16-14(12)18/h3-6,12,15H,2,7-9H2,1H3,(H,16,17,18). The van der Waals surface area contributed by atoms with Crippen molar-refractivity contribution in [3.05, 3.63) is 35.4 Å². The van der Waals surface area contributed by atoms with Gasteiger partial charge < -0.3 is 5.32 Å². The van der Waals surface area contributed by atoms with Crippen LogP contribution < -0.4 is 10.6 Å². The van der Waals surface area contributed by atoms with Crippen molar-refractivity contribution >= 4 is 11.8 Å². The lowest BCUT2D eigenvalue weighted by Gasteiger charge is -2.21. The highest BCUT2D eigenvalue weighted by Crippen LogP contribution is 2.08. The van der Waals surface area contributed by atoms with E-state index in [1.165, 1.54) is 5.56 Å². The summed E-state index contributed by atoms with van der Waals surface area (Å²) in [6.45, 7) is 2.77. The second-order valence-electron chi connectivity index (χ2n) is 4.55. The highest BCUT2D eigenvalue weighted by atomic mass is 16.2. The van der Waals surface area contributed by atoms with E-state index in [4.69, 9.17) is 0 Å². The van der Waals surface area contributed by atoms with Crippen LogP contribution in [0.4, 0.5) is 0 Å². The third-order valence-corrected chi connectivity index (χ3v) is 3.22. The highest BCUT2D eigenvalue weighted by Gasteiger charge is 2.25. The van der Waals surface area contributed by atoms with E-state index in [9.17, 15) is 9.59 Å². The number of rotatable bonds is 4. The first-order chi connectivity index (χ1) is 8.69. The summed E-state index contributed by atoms with van der Waals surface area (Å²) in [7, 11) is 0. The Kier molecular flexibility index (Phi) is 4.10. The Morgan fingerprint density at radius 1 is 1.22 bits per heavy atom. The van der Waals surface area contributed by atoms with Gasteiger partial charge in [-0.2, -0.15) is 0 Å². The number of hydrogen-bond donors (Lipinski definition) is 2. The van der Waals surface area contributed by atoms with Gasteiger partial charge in [-0.1, -0.05) is 31.2 Å². The van der Waals surface area contributed by atoms with Crippen molar-refractivity contribution in [1.82, 2.24) is 10.6 Å². The van der Waals surface area contributed by atoms with Crippen LogP contribution in [-0.2, 0) is 22.6 Å². The van der Waals surface area contributed by atoms with Crippen LogP contribution in [0.1, 0.15) is 30.9 Å². The number of hydrogen-bond acceptors (Lipinski definition) is 3. The van der Waals surface area contributed by atoms with Crippen molar-refractivity contribution in [2.75, 3.05) is 0 Å². The Morgan fingerprint density at radius 2 is 1.89 bits per heavy atom.